The number of nitrogens with one attached hydrogen (secondary N) is 1. The fourth-order valence-corrected chi connectivity index (χ4v) is 4.65. The first-order valence-electron chi connectivity index (χ1n) is 12.3. The molecule has 0 unspecified atom stereocenters. The van der Waals surface area contributed by atoms with E-state index in [4.69, 9.17) is 9.47 Å². The van der Waals surface area contributed by atoms with Gasteiger partial charge in [-0.2, -0.15) is 0 Å². The molecule has 35 heavy (non-hydrogen) atoms. The van der Waals surface area contributed by atoms with E-state index in [0.717, 1.165) is 29.7 Å². The molecule has 0 aliphatic carbocycles. The Hall–Kier alpha value is -3.55. The molecule has 0 aromatic heterocycles. The summed E-state index contributed by atoms with van der Waals surface area (Å²) < 4.78 is 11.3. The van der Waals surface area contributed by atoms with Gasteiger partial charge in [0.05, 0.1) is 13.2 Å². The third-order valence-electron chi connectivity index (χ3n) is 6.39. The summed E-state index contributed by atoms with van der Waals surface area (Å²) in [4.78, 5) is 41.0. The van der Waals surface area contributed by atoms with Gasteiger partial charge in [0, 0.05) is 25.2 Å². The summed E-state index contributed by atoms with van der Waals surface area (Å²) in [6, 6.07) is 12.7. The number of fused-ring (bicyclic) bond motifs is 1. The van der Waals surface area contributed by atoms with E-state index in [2.05, 4.69) is 5.32 Å². The fourth-order valence-electron chi connectivity index (χ4n) is 4.65. The Morgan fingerprint density at radius 1 is 1.00 bits per heavy atom. The molecule has 0 spiro atoms. The molecule has 2 aromatic rings. The van der Waals surface area contributed by atoms with Crippen LogP contribution >= 0.6 is 0 Å². The van der Waals surface area contributed by atoms with Gasteiger partial charge >= 0.3 is 0 Å². The number of amides is 3. The number of ether oxygens (including phenoxy) is 2. The minimum atomic E-state index is -0.304. The van der Waals surface area contributed by atoms with Crippen molar-refractivity contribution < 1.29 is 23.9 Å². The molecule has 1 N–H and O–H groups in total. The zero-order valence-electron chi connectivity index (χ0n) is 20.4. The van der Waals surface area contributed by atoms with Crippen LogP contribution < -0.4 is 14.8 Å². The molecule has 8 nitrogen and oxygen atoms in total. The van der Waals surface area contributed by atoms with E-state index in [-0.39, 0.29) is 30.3 Å². The van der Waals surface area contributed by atoms with Gasteiger partial charge in [0.25, 0.3) is 5.91 Å². The second-order valence-corrected chi connectivity index (χ2v) is 8.79. The van der Waals surface area contributed by atoms with Crippen LogP contribution in [0.1, 0.15) is 48.2 Å². The van der Waals surface area contributed by atoms with Crippen LogP contribution in [0.5, 0.6) is 11.5 Å². The number of carbonyl (C=O) groups excluding carboxylic acids is 3. The van der Waals surface area contributed by atoms with Crippen LogP contribution in [0.25, 0.3) is 0 Å². The van der Waals surface area contributed by atoms with Gasteiger partial charge in [-0.05, 0) is 68.5 Å². The summed E-state index contributed by atoms with van der Waals surface area (Å²) >= 11 is 0. The molecule has 2 aromatic carbocycles. The van der Waals surface area contributed by atoms with Gasteiger partial charge in [0.2, 0.25) is 11.8 Å². The summed E-state index contributed by atoms with van der Waals surface area (Å²) in [6.45, 7) is 6.65. The van der Waals surface area contributed by atoms with Crippen molar-refractivity contribution in [3.05, 3.63) is 59.2 Å². The SMILES string of the molecule is CCOc1ccc(CCNC(=O)c2ccc(CN3CC(=O)N4CCC[C@@H]4C3=O)cc2)cc1OCC. The Bertz CT molecular complexity index is 1070. The second-order valence-electron chi connectivity index (χ2n) is 8.79. The van der Waals surface area contributed by atoms with Gasteiger partial charge in [0.1, 0.15) is 12.6 Å². The lowest BCUT2D eigenvalue weighted by molar-refractivity contribution is -0.154. The molecule has 186 valence electrons. The van der Waals surface area contributed by atoms with Gasteiger partial charge in [-0.15, -0.1) is 0 Å². The molecule has 2 fully saturated rings. The monoisotopic (exact) mass is 479 g/mol. The normalized spacial score (nSPS) is 17.4. The lowest BCUT2D eigenvalue weighted by Gasteiger charge is -2.36. The predicted molar refractivity (Wildman–Crippen MR) is 131 cm³/mol. The first-order valence-corrected chi connectivity index (χ1v) is 12.3. The van der Waals surface area contributed by atoms with Gasteiger partial charge in [-0.3, -0.25) is 14.4 Å². The smallest absolute Gasteiger partial charge is 0.251 e. The standard InChI is InChI=1S/C27H33N3O5/c1-3-34-23-12-9-19(16-24(23)35-4-2)13-14-28-26(32)21-10-7-20(8-11-21)17-29-18-25(31)30-15-5-6-22(30)27(29)33/h7-12,16,22H,3-6,13-15,17-18H2,1-2H3,(H,28,32)/t22-/m1/s1. The zero-order valence-corrected chi connectivity index (χ0v) is 20.4. The topological polar surface area (TPSA) is 88.2 Å². The maximum absolute atomic E-state index is 12.7. The summed E-state index contributed by atoms with van der Waals surface area (Å²) in [5, 5.41) is 2.95. The van der Waals surface area contributed by atoms with Crippen molar-refractivity contribution in [3.8, 4) is 11.5 Å². The Morgan fingerprint density at radius 3 is 2.46 bits per heavy atom. The van der Waals surface area contributed by atoms with Crippen molar-refractivity contribution in [3.63, 3.8) is 0 Å². The van der Waals surface area contributed by atoms with Crippen molar-refractivity contribution in [2.24, 2.45) is 0 Å². The van der Waals surface area contributed by atoms with Crippen LogP contribution in [0, 0.1) is 0 Å². The van der Waals surface area contributed by atoms with Crippen molar-refractivity contribution >= 4 is 17.7 Å². The van der Waals surface area contributed by atoms with Gasteiger partial charge in [-0.25, -0.2) is 0 Å². The van der Waals surface area contributed by atoms with Crippen LogP contribution in [-0.4, -0.2) is 66.4 Å². The molecule has 1 atom stereocenters. The lowest BCUT2D eigenvalue weighted by atomic mass is 10.1. The van der Waals surface area contributed by atoms with Gasteiger partial charge < -0.3 is 24.6 Å². The summed E-state index contributed by atoms with van der Waals surface area (Å²) in [5.41, 5.74) is 2.50. The highest BCUT2D eigenvalue weighted by Gasteiger charge is 2.41. The van der Waals surface area contributed by atoms with Crippen molar-refractivity contribution in [1.29, 1.82) is 0 Å². The summed E-state index contributed by atoms with van der Waals surface area (Å²) in [7, 11) is 0. The maximum atomic E-state index is 12.7. The first kappa shape index (κ1) is 24.6. The number of piperazine rings is 1. The largest absolute Gasteiger partial charge is 0.490 e. The molecule has 2 aliphatic heterocycles. The molecule has 0 saturated carbocycles. The highest BCUT2D eigenvalue weighted by atomic mass is 16.5. The van der Waals surface area contributed by atoms with Crippen LogP contribution in [0.15, 0.2) is 42.5 Å². The first-order chi connectivity index (χ1) is 17.0. The van der Waals surface area contributed by atoms with E-state index in [1.807, 2.05) is 44.2 Å². The van der Waals surface area contributed by atoms with Crippen LogP contribution in [-0.2, 0) is 22.6 Å². The minimum absolute atomic E-state index is 0.0176. The number of hydrogen-bond acceptors (Lipinski definition) is 5. The van der Waals surface area contributed by atoms with Gasteiger partial charge in [0.15, 0.2) is 11.5 Å². The number of rotatable bonds is 10. The van der Waals surface area contributed by atoms with E-state index in [9.17, 15) is 14.4 Å². The Labute approximate surface area is 206 Å². The average molecular weight is 480 g/mol. The molecule has 2 heterocycles. The molecule has 3 amide bonds. The lowest BCUT2D eigenvalue weighted by Crippen LogP contribution is -2.56. The Kier molecular flexibility index (Phi) is 7.90. The van der Waals surface area contributed by atoms with E-state index in [0.29, 0.717) is 50.6 Å². The molecular weight excluding hydrogens is 446 g/mol. The Morgan fingerprint density at radius 2 is 1.71 bits per heavy atom. The van der Waals surface area contributed by atoms with Crippen LogP contribution in [0.3, 0.4) is 0 Å². The van der Waals surface area contributed by atoms with E-state index in [1.54, 1.807) is 21.9 Å². The third-order valence-corrected chi connectivity index (χ3v) is 6.39. The highest BCUT2D eigenvalue weighted by Crippen LogP contribution is 2.29. The molecule has 4 rings (SSSR count). The van der Waals surface area contributed by atoms with Crippen molar-refractivity contribution in [1.82, 2.24) is 15.1 Å². The van der Waals surface area contributed by atoms with Crippen LogP contribution in [0.2, 0.25) is 0 Å². The quantitative estimate of drug-likeness (QED) is 0.566. The van der Waals surface area contributed by atoms with E-state index < -0.39 is 0 Å². The fraction of sp³-hybridized carbons (Fsp3) is 0.444. The molecule has 2 saturated heterocycles. The van der Waals surface area contributed by atoms with E-state index in [1.165, 1.54) is 0 Å². The van der Waals surface area contributed by atoms with Crippen LogP contribution in [0.4, 0.5) is 0 Å². The summed E-state index contributed by atoms with van der Waals surface area (Å²) in [6.07, 6.45) is 2.29. The molecule has 0 bridgehead atoms. The van der Waals surface area contributed by atoms with Crippen molar-refractivity contribution in [2.45, 2.75) is 45.7 Å². The number of carbonyl (C=O) groups is 3. The maximum Gasteiger partial charge on any atom is 0.251 e. The highest BCUT2D eigenvalue weighted by molar-refractivity contribution is 5.95. The number of hydrogen-bond donors (Lipinski definition) is 1. The molecule has 0 radical (unpaired) electrons. The minimum Gasteiger partial charge on any atom is -0.490 e. The number of nitrogens with zero attached hydrogens (tertiary/aromatic N) is 2. The Balaban J connectivity index is 1.29. The average Bonchev–Trinajstić information content (AvgIpc) is 3.36. The molecule has 8 heteroatoms. The third kappa shape index (κ3) is 5.75. The zero-order chi connectivity index (χ0) is 24.8. The van der Waals surface area contributed by atoms with E-state index >= 15 is 0 Å². The number of benzene rings is 2. The molecular formula is C27H33N3O5. The van der Waals surface area contributed by atoms with Crippen molar-refractivity contribution in [2.75, 3.05) is 32.8 Å². The second kappa shape index (κ2) is 11.3. The predicted octanol–water partition coefficient (Wildman–Crippen LogP) is 2.79. The van der Waals surface area contributed by atoms with Gasteiger partial charge in [-0.1, -0.05) is 18.2 Å². The summed E-state index contributed by atoms with van der Waals surface area (Å²) in [5.74, 6) is 1.31. The molecule has 2 aliphatic rings.